The molecule has 1 rings (SSSR count). The Morgan fingerprint density at radius 1 is 1.53 bits per heavy atom. The van der Waals surface area contributed by atoms with Crippen LogP contribution in [0.5, 0.6) is 0 Å². The number of nitrogens with one attached hydrogen (secondary N) is 1. The van der Waals surface area contributed by atoms with Crippen molar-refractivity contribution in [2.24, 2.45) is 5.73 Å². The van der Waals surface area contributed by atoms with Gasteiger partial charge in [-0.05, 0) is 47.0 Å². The molecule has 3 nitrogen and oxygen atoms in total. The number of amides is 1. The van der Waals surface area contributed by atoms with Gasteiger partial charge in [-0.2, -0.15) is 0 Å². The first-order chi connectivity index (χ1) is 8.04. The third-order valence-electron chi connectivity index (χ3n) is 2.59. The van der Waals surface area contributed by atoms with Crippen molar-refractivity contribution in [2.75, 3.05) is 5.32 Å². The lowest BCUT2D eigenvalue weighted by atomic mass is 10.1. The molecule has 0 bridgehead atoms. The van der Waals surface area contributed by atoms with E-state index < -0.39 is 6.04 Å². The maximum Gasteiger partial charge on any atom is 0.241 e. The summed E-state index contributed by atoms with van der Waals surface area (Å²) in [6.07, 6.45) is 2.75. The number of carbonyl (C=O) groups excluding carboxylic acids is 1. The monoisotopic (exact) mass is 298 g/mol. The first-order valence-corrected chi connectivity index (χ1v) is 6.66. The van der Waals surface area contributed by atoms with E-state index in [0.29, 0.717) is 0 Å². The second-order valence-corrected chi connectivity index (χ2v) is 5.08. The minimum Gasteiger partial charge on any atom is -0.324 e. The molecule has 17 heavy (non-hydrogen) atoms. The predicted molar refractivity (Wildman–Crippen MR) is 75.0 cm³/mol. The third kappa shape index (κ3) is 4.48. The van der Waals surface area contributed by atoms with E-state index in [-0.39, 0.29) is 5.91 Å². The van der Waals surface area contributed by atoms with Gasteiger partial charge >= 0.3 is 0 Å². The van der Waals surface area contributed by atoms with E-state index in [9.17, 15) is 4.79 Å². The number of benzene rings is 1. The molecule has 0 heterocycles. The molecule has 0 aliphatic rings. The third-order valence-corrected chi connectivity index (χ3v) is 3.28. The summed E-state index contributed by atoms with van der Waals surface area (Å²) in [5.74, 6) is -0.121. The topological polar surface area (TPSA) is 55.1 Å². The van der Waals surface area contributed by atoms with Gasteiger partial charge in [0, 0.05) is 4.47 Å². The first-order valence-electron chi connectivity index (χ1n) is 5.87. The van der Waals surface area contributed by atoms with Crippen molar-refractivity contribution in [3.8, 4) is 0 Å². The van der Waals surface area contributed by atoms with Gasteiger partial charge in [0.25, 0.3) is 0 Å². The summed E-state index contributed by atoms with van der Waals surface area (Å²) >= 11 is 3.41. The maximum absolute atomic E-state index is 11.8. The highest BCUT2D eigenvalue weighted by Gasteiger charge is 2.13. The normalized spacial score (nSPS) is 12.2. The van der Waals surface area contributed by atoms with Crippen LogP contribution >= 0.6 is 15.9 Å². The first kappa shape index (κ1) is 14.2. The Morgan fingerprint density at radius 2 is 2.24 bits per heavy atom. The van der Waals surface area contributed by atoms with E-state index in [0.717, 1.165) is 35.0 Å². The number of aryl methyl sites for hydroxylation is 1. The van der Waals surface area contributed by atoms with E-state index in [1.165, 1.54) is 0 Å². The van der Waals surface area contributed by atoms with Crippen LogP contribution in [0.2, 0.25) is 0 Å². The summed E-state index contributed by atoms with van der Waals surface area (Å²) < 4.78 is 0.874. The molecule has 0 fully saturated rings. The average molecular weight is 299 g/mol. The van der Waals surface area contributed by atoms with Crippen molar-refractivity contribution < 1.29 is 4.79 Å². The zero-order valence-corrected chi connectivity index (χ0v) is 11.9. The lowest BCUT2D eigenvalue weighted by Gasteiger charge is -2.13. The van der Waals surface area contributed by atoms with Gasteiger partial charge in [0.05, 0.1) is 11.7 Å². The molecule has 0 aromatic heterocycles. The second kappa shape index (κ2) is 6.77. The fourth-order valence-electron chi connectivity index (χ4n) is 1.52. The molecule has 4 heteroatoms. The summed E-state index contributed by atoms with van der Waals surface area (Å²) in [4.78, 5) is 11.8. The summed E-state index contributed by atoms with van der Waals surface area (Å²) in [6.45, 7) is 4.07. The van der Waals surface area contributed by atoms with E-state index in [1.54, 1.807) is 0 Å². The largest absolute Gasteiger partial charge is 0.324 e. The quantitative estimate of drug-likeness (QED) is 0.877. The molecule has 1 aromatic carbocycles. The van der Waals surface area contributed by atoms with Crippen molar-refractivity contribution in [3.63, 3.8) is 0 Å². The Kier molecular flexibility index (Phi) is 5.65. The molecule has 1 atom stereocenters. The summed E-state index contributed by atoms with van der Waals surface area (Å²) in [6, 6.07) is 5.40. The maximum atomic E-state index is 11.8. The van der Waals surface area contributed by atoms with E-state index in [1.807, 2.05) is 25.1 Å². The molecule has 1 amide bonds. The SMILES string of the molecule is CCCCC(N)C(=O)Nc1cc(C)ccc1Br. The zero-order chi connectivity index (χ0) is 12.8. The zero-order valence-electron chi connectivity index (χ0n) is 10.3. The Bertz CT molecular complexity index is 393. The number of anilines is 1. The Hall–Kier alpha value is -0.870. The molecule has 0 aliphatic heterocycles. The molecule has 1 unspecified atom stereocenters. The van der Waals surface area contributed by atoms with Crippen LogP contribution in [-0.2, 0) is 4.79 Å². The second-order valence-electron chi connectivity index (χ2n) is 4.22. The van der Waals surface area contributed by atoms with E-state index in [4.69, 9.17) is 5.73 Å². The fourth-order valence-corrected chi connectivity index (χ4v) is 1.86. The van der Waals surface area contributed by atoms with Crippen LogP contribution < -0.4 is 11.1 Å². The van der Waals surface area contributed by atoms with Gasteiger partial charge in [0.2, 0.25) is 5.91 Å². The fraction of sp³-hybridized carbons (Fsp3) is 0.462. The summed E-state index contributed by atoms with van der Waals surface area (Å²) in [7, 11) is 0. The number of nitrogens with two attached hydrogens (primary N) is 1. The lowest BCUT2D eigenvalue weighted by molar-refractivity contribution is -0.117. The lowest BCUT2D eigenvalue weighted by Crippen LogP contribution is -2.35. The highest BCUT2D eigenvalue weighted by Crippen LogP contribution is 2.23. The highest BCUT2D eigenvalue weighted by molar-refractivity contribution is 9.10. The van der Waals surface area contributed by atoms with Gasteiger partial charge in [-0.3, -0.25) is 4.79 Å². The molecule has 0 saturated heterocycles. The number of halogens is 1. The smallest absolute Gasteiger partial charge is 0.241 e. The molecule has 3 N–H and O–H groups in total. The van der Waals surface area contributed by atoms with Crippen LogP contribution in [0.4, 0.5) is 5.69 Å². The van der Waals surface area contributed by atoms with Gasteiger partial charge in [-0.25, -0.2) is 0 Å². The van der Waals surface area contributed by atoms with Crippen LogP contribution in [0.15, 0.2) is 22.7 Å². The molecule has 0 spiro atoms. The Balaban J connectivity index is 2.64. The molecule has 0 radical (unpaired) electrons. The molecular weight excluding hydrogens is 280 g/mol. The number of unbranched alkanes of at least 4 members (excludes halogenated alkanes) is 1. The van der Waals surface area contributed by atoms with Crippen LogP contribution in [0.3, 0.4) is 0 Å². The molecule has 94 valence electrons. The summed E-state index contributed by atoms with van der Waals surface area (Å²) in [5, 5.41) is 2.85. The minimum atomic E-state index is -0.428. The van der Waals surface area contributed by atoms with Crippen LogP contribution in [0.25, 0.3) is 0 Å². The van der Waals surface area contributed by atoms with Gasteiger partial charge in [-0.1, -0.05) is 25.8 Å². The van der Waals surface area contributed by atoms with Crippen molar-refractivity contribution in [1.82, 2.24) is 0 Å². The van der Waals surface area contributed by atoms with Crippen molar-refractivity contribution in [3.05, 3.63) is 28.2 Å². The number of rotatable bonds is 5. The van der Waals surface area contributed by atoms with E-state index >= 15 is 0 Å². The number of carbonyl (C=O) groups is 1. The molecule has 0 aliphatic carbocycles. The van der Waals surface area contributed by atoms with Gasteiger partial charge in [-0.15, -0.1) is 0 Å². The standard InChI is InChI=1S/C13H19BrN2O/c1-3-4-5-11(15)13(17)16-12-8-9(2)6-7-10(12)14/h6-8,11H,3-5,15H2,1-2H3,(H,16,17). The number of hydrogen-bond donors (Lipinski definition) is 2. The Labute approximate surface area is 111 Å². The van der Waals surface area contributed by atoms with Gasteiger partial charge < -0.3 is 11.1 Å². The van der Waals surface area contributed by atoms with Crippen LogP contribution in [0.1, 0.15) is 31.7 Å². The number of hydrogen-bond acceptors (Lipinski definition) is 2. The van der Waals surface area contributed by atoms with Crippen LogP contribution in [0, 0.1) is 6.92 Å². The molecule has 1 aromatic rings. The van der Waals surface area contributed by atoms with Crippen molar-refractivity contribution >= 4 is 27.5 Å². The highest BCUT2D eigenvalue weighted by atomic mass is 79.9. The Morgan fingerprint density at radius 3 is 2.88 bits per heavy atom. The molecular formula is C13H19BrN2O. The van der Waals surface area contributed by atoms with Gasteiger partial charge in [0.15, 0.2) is 0 Å². The average Bonchev–Trinajstić information content (AvgIpc) is 2.30. The predicted octanol–water partition coefficient (Wildman–Crippen LogP) is 3.21. The summed E-state index contributed by atoms with van der Waals surface area (Å²) in [5.41, 5.74) is 7.69. The van der Waals surface area contributed by atoms with E-state index in [2.05, 4.69) is 28.2 Å². The minimum absolute atomic E-state index is 0.121. The van der Waals surface area contributed by atoms with Crippen molar-refractivity contribution in [1.29, 1.82) is 0 Å². The van der Waals surface area contributed by atoms with Crippen molar-refractivity contribution in [2.45, 2.75) is 39.2 Å². The molecule has 0 saturated carbocycles. The van der Waals surface area contributed by atoms with Crippen LogP contribution in [-0.4, -0.2) is 11.9 Å². The van der Waals surface area contributed by atoms with Gasteiger partial charge in [0.1, 0.15) is 0 Å².